The fourth-order valence-electron chi connectivity index (χ4n) is 0. The van der Waals surface area contributed by atoms with E-state index in [1.807, 2.05) is 0 Å². The molecular weight excluding hydrogens is 102 g/mol. The maximum atomic E-state index is 2.18. The standard InChI is InChI=1S/C5H14N.H4Si/c1-5-6(2,3)4;/h5H2,1-4H3;1H4/q+1;. The lowest BCUT2D eigenvalue weighted by Gasteiger charge is -2.20. The van der Waals surface area contributed by atoms with Gasteiger partial charge in [-0.1, -0.05) is 0 Å². The minimum Gasteiger partial charge on any atom is -0.331 e. The first-order valence-corrected chi connectivity index (χ1v) is 2.36. The van der Waals surface area contributed by atoms with Crippen molar-refractivity contribution in [3.63, 3.8) is 0 Å². The molecule has 0 fully saturated rings. The van der Waals surface area contributed by atoms with Crippen molar-refractivity contribution >= 4 is 11.0 Å². The van der Waals surface area contributed by atoms with Gasteiger partial charge in [0.05, 0.1) is 27.7 Å². The third-order valence-corrected chi connectivity index (χ3v) is 0.949. The molecule has 0 aromatic carbocycles. The third kappa shape index (κ3) is 10.7. The lowest BCUT2D eigenvalue weighted by Crippen LogP contribution is -2.33. The van der Waals surface area contributed by atoms with Crippen molar-refractivity contribution in [3.8, 4) is 0 Å². The highest BCUT2D eigenvalue weighted by Gasteiger charge is 1.97. The lowest BCUT2D eigenvalue weighted by molar-refractivity contribution is -0.868. The lowest BCUT2D eigenvalue weighted by atomic mass is 10.6. The highest BCUT2D eigenvalue weighted by molar-refractivity contribution is 5.75. The SMILES string of the molecule is CC[N+](C)(C)C.[SiH4]. The number of rotatable bonds is 1. The summed E-state index contributed by atoms with van der Waals surface area (Å²) in [4.78, 5) is 0. The van der Waals surface area contributed by atoms with Crippen LogP contribution >= 0.6 is 0 Å². The van der Waals surface area contributed by atoms with E-state index in [2.05, 4.69) is 28.1 Å². The summed E-state index contributed by atoms with van der Waals surface area (Å²) in [5.74, 6) is 0. The number of nitrogens with zero attached hydrogens (tertiary/aromatic N) is 1. The first-order valence-electron chi connectivity index (χ1n) is 2.36. The summed E-state index contributed by atoms with van der Waals surface area (Å²) < 4.78 is 1.07. The Kier molecular flexibility index (Phi) is 4.69. The maximum absolute atomic E-state index is 2.18. The Balaban J connectivity index is 0. The van der Waals surface area contributed by atoms with Gasteiger partial charge >= 0.3 is 0 Å². The van der Waals surface area contributed by atoms with E-state index >= 15 is 0 Å². The molecule has 0 atom stereocenters. The smallest absolute Gasteiger partial charge is 0.0751 e. The molecule has 0 unspecified atom stereocenters. The largest absolute Gasteiger partial charge is 0.331 e. The first kappa shape index (κ1) is 10.2. The molecule has 0 bridgehead atoms. The minimum atomic E-state index is 0. The van der Waals surface area contributed by atoms with Crippen LogP contribution < -0.4 is 0 Å². The second-order valence-corrected chi connectivity index (χ2v) is 2.61. The van der Waals surface area contributed by atoms with Crippen LogP contribution in [0, 0.1) is 0 Å². The van der Waals surface area contributed by atoms with Crippen LogP contribution in [0.15, 0.2) is 0 Å². The molecule has 0 N–H and O–H groups in total. The van der Waals surface area contributed by atoms with E-state index in [1.54, 1.807) is 0 Å². The van der Waals surface area contributed by atoms with Gasteiger partial charge in [0.15, 0.2) is 0 Å². The molecular formula is C5H18NSi+. The van der Waals surface area contributed by atoms with Crippen molar-refractivity contribution in [2.24, 2.45) is 0 Å². The third-order valence-electron chi connectivity index (χ3n) is 0.949. The van der Waals surface area contributed by atoms with E-state index in [9.17, 15) is 0 Å². The highest BCUT2D eigenvalue weighted by atomic mass is 28.1. The summed E-state index contributed by atoms with van der Waals surface area (Å²) in [5.41, 5.74) is 0. The van der Waals surface area contributed by atoms with E-state index in [4.69, 9.17) is 0 Å². The molecule has 0 aliphatic heterocycles. The van der Waals surface area contributed by atoms with Crippen molar-refractivity contribution in [1.29, 1.82) is 0 Å². The van der Waals surface area contributed by atoms with E-state index < -0.39 is 0 Å². The molecule has 0 aromatic heterocycles. The second kappa shape index (κ2) is 3.21. The van der Waals surface area contributed by atoms with Crippen molar-refractivity contribution < 1.29 is 4.48 Å². The van der Waals surface area contributed by atoms with Gasteiger partial charge in [0.25, 0.3) is 0 Å². The van der Waals surface area contributed by atoms with Crippen molar-refractivity contribution in [2.75, 3.05) is 27.7 Å². The van der Waals surface area contributed by atoms with E-state index in [0.29, 0.717) is 0 Å². The maximum Gasteiger partial charge on any atom is 0.0751 e. The van der Waals surface area contributed by atoms with Crippen LogP contribution in [-0.4, -0.2) is 43.1 Å². The Morgan fingerprint density at radius 2 is 1.29 bits per heavy atom. The summed E-state index contributed by atoms with van der Waals surface area (Å²) in [6, 6.07) is 0. The molecule has 0 aliphatic carbocycles. The molecule has 46 valence electrons. The Bertz CT molecular complexity index is 37.8. The molecule has 7 heavy (non-hydrogen) atoms. The van der Waals surface area contributed by atoms with Crippen LogP contribution in [0.3, 0.4) is 0 Å². The minimum absolute atomic E-state index is 0. The molecule has 0 aliphatic rings. The first-order chi connectivity index (χ1) is 2.56. The Morgan fingerprint density at radius 3 is 1.29 bits per heavy atom. The van der Waals surface area contributed by atoms with Gasteiger partial charge in [-0.15, -0.1) is 0 Å². The fraction of sp³-hybridized carbons (Fsp3) is 1.00. The number of hydrogen-bond acceptors (Lipinski definition) is 0. The van der Waals surface area contributed by atoms with Crippen molar-refractivity contribution in [3.05, 3.63) is 0 Å². The molecule has 0 rings (SSSR count). The van der Waals surface area contributed by atoms with Gasteiger partial charge in [0.2, 0.25) is 0 Å². The molecule has 0 spiro atoms. The molecule has 0 amide bonds. The summed E-state index contributed by atoms with van der Waals surface area (Å²) in [6.07, 6.45) is 0. The molecule has 0 aromatic rings. The van der Waals surface area contributed by atoms with Gasteiger partial charge in [-0.25, -0.2) is 0 Å². The molecule has 1 nitrogen and oxygen atoms in total. The summed E-state index contributed by atoms with van der Waals surface area (Å²) in [7, 11) is 6.54. The zero-order chi connectivity index (χ0) is 5.21. The average molecular weight is 120 g/mol. The predicted octanol–water partition coefficient (Wildman–Crippen LogP) is -0.739. The van der Waals surface area contributed by atoms with Crippen LogP contribution in [0.4, 0.5) is 0 Å². The van der Waals surface area contributed by atoms with Crippen molar-refractivity contribution in [2.45, 2.75) is 6.92 Å². The van der Waals surface area contributed by atoms with Gasteiger partial charge in [0, 0.05) is 0 Å². The fourth-order valence-corrected chi connectivity index (χ4v) is 0. The van der Waals surface area contributed by atoms with Gasteiger partial charge < -0.3 is 4.48 Å². The molecule has 0 heterocycles. The van der Waals surface area contributed by atoms with Crippen LogP contribution in [0.2, 0.25) is 0 Å². The predicted molar refractivity (Wildman–Crippen MR) is 39.9 cm³/mol. The zero-order valence-electron chi connectivity index (χ0n) is 5.15. The van der Waals surface area contributed by atoms with Gasteiger partial charge in [-0.3, -0.25) is 0 Å². The van der Waals surface area contributed by atoms with E-state index in [-0.39, 0.29) is 11.0 Å². The normalized spacial score (nSPS) is 10.3. The number of hydrogen-bond donors (Lipinski definition) is 0. The van der Waals surface area contributed by atoms with Gasteiger partial charge in [-0.2, -0.15) is 0 Å². The van der Waals surface area contributed by atoms with E-state index in [0.717, 1.165) is 4.48 Å². The Hall–Kier alpha value is 0.177. The Morgan fingerprint density at radius 1 is 1.14 bits per heavy atom. The van der Waals surface area contributed by atoms with Crippen LogP contribution in [0.25, 0.3) is 0 Å². The summed E-state index contributed by atoms with van der Waals surface area (Å²) in [5, 5.41) is 0. The topological polar surface area (TPSA) is 0 Å². The quantitative estimate of drug-likeness (QED) is 0.316. The molecule has 0 saturated heterocycles. The number of quaternary nitrogens is 1. The highest BCUT2D eigenvalue weighted by Crippen LogP contribution is 1.83. The van der Waals surface area contributed by atoms with Crippen LogP contribution in [-0.2, 0) is 0 Å². The van der Waals surface area contributed by atoms with Crippen LogP contribution in [0.5, 0.6) is 0 Å². The Labute approximate surface area is 50.9 Å². The summed E-state index contributed by atoms with van der Waals surface area (Å²) in [6.45, 7) is 3.39. The average Bonchev–Trinajstić information content (AvgIpc) is 1.35. The van der Waals surface area contributed by atoms with Crippen LogP contribution in [0.1, 0.15) is 6.92 Å². The van der Waals surface area contributed by atoms with Gasteiger partial charge in [-0.05, 0) is 17.9 Å². The molecule has 0 saturated carbocycles. The monoisotopic (exact) mass is 120 g/mol. The van der Waals surface area contributed by atoms with Gasteiger partial charge in [0.1, 0.15) is 0 Å². The van der Waals surface area contributed by atoms with Crippen molar-refractivity contribution in [1.82, 2.24) is 0 Å². The molecule has 2 heteroatoms. The zero-order valence-corrected chi connectivity index (χ0v) is 5.15. The second-order valence-electron chi connectivity index (χ2n) is 2.61. The van der Waals surface area contributed by atoms with E-state index in [1.165, 1.54) is 6.54 Å². The summed E-state index contributed by atoms with van der Waals surface area (Å²) >= 11 is 0. The molecule has 0 radical (unpaired) electrons.